The number of nitrogens with zero attached hydrogens (tertiary/aromatic N) is 1. The number of pyridine rings is 1. The summed E-state index contributed by atoms with van der Waals surface area (Å²) in [6, 6.07) is 6.56. The van der Waals surface area contributed by atoms with Gasteiger partial charge in [0.1, 0.15) is 5.82 Å². The molecule has 14 heavy (non-hydrogen) atoms. The first kappa shape index (κ1) is 9.46. The normalized spacial score (nSPS) is 21.9. The maximum Gasteiger partial charge on any atom is 0.125 e. The number of hydrogen-bond acceptors (Lipinski definition) is 3. The van der Waals surface area contributed by atoms with Gasteiger partial charge in [-0.15, -0.1) is 0 Å². The van der Waals surface area contributed by atoms with E-state index in [2.05, 4.69) is 15.6 Å². The lowest BCUT2D eigenvalue weighted by molar-refractivity contribution is 0.414. The van der Waals surface area contributed by atoms with Crippen LogP contribution in [0.5, 0.6) is 0 Å². The Morgan fingerprint density at radius 2 is 2.43 bits per heavy atom. The molecule has 1 fully saturated rings. The molecule has 1 aromatic rings. The van der Waals surface area contributed by atoms with E-state index in [1.54, 1.807) is 0 Å². The summed E-state index contributed by atoms with van der Waals surface area (Å²) in [5.41, 5.74) is 0. The van der Waals surface area contributed by atoms with E-state index in [0.29, 0.717) is 6.04 Å². The Labute approximate surface area is 84.9 Å². The molecule has 76 valence electrons. The third kappa shape index (κ3) is 2.70. The molecule has 0 aromatic carbocycles. The molecule has 1 aromatic heterocycles. The number of aromatic nitrogens is 1. The largest absolute Gasteiger partial charge is 0.369 e. The highest BCUT2D eigenvalue weighted by Crippen LogP contribution is 2.08. The standard InChI is InChI=1S/C11H17N3/c1-3-7-12-10(5-1)9-14-11-6-2-4-8-13-11/h2,4,6,8,10,12H,1,3,5,7,9H2,(H,13,14). The third-order valence-corrected chi connectivity index (χ3v) is 2.61. The van der Waals surface area contributed by atoms with E-state index in [1.807, 2.05) is 24.4 Å². The van der Waals surface area contributed by atoms with Crippen molar-refractivity contribution in [1.82, 2.24) is 10.3 Å². The predicted molar refractivity (Wildman–Crippen MR) is 58.4 cm³/mol. The lowest BCUT2D eigenvalue weighted by atomic mass is 10.1. The second-order valence-corrected chi connectivity index (χ2v) is 3.74. The van der Waals surface area contributed by atoms with Gasteiger partial charge < -0.3 is 10.6 Å². The second kappa shape index (κ2) is 4.96. The molecule has 1 saturated heterocycles. The molecule has 1 aliphatic heterocycles. The van der Waals surface area contributed by atoms with Crippen LogP contribution in [0.1, 0.15) is 19.3 Å². The SMILES string of the molecule is c1ccc(NCC2CCCCN2)nc1. The molecule has 0 amide bonds. The predicted octanol–water partition coefficient (Wildman–Crippen LogP) is 1.64. The molecule has 3 heteroatoms. The lowest BCUT2D eigenvalue weighted by Gasteiger charge is -2.23. The Balaban J connectivity index is 1.76. The molecule has 1 atom stereocenters. The summed E-state index contributed by atoms with van der Waals surface area (Å²) in [6.07, 6.45) is 5.76. The third-order valence-electron chi connectivity index (χ3n) is 2.61. The zero-order chi connectivity index (χ0) is 9.64. The molecule has 1 unspecified atom stereocenters. The van der Waals surface area contributed by atoms with Crippen molar-refractivity contribution >= 4 is 5.82 Å². The summed E-state index contributed by atoms with van der Waals surface area (Å²) >= 11 is 0. The zero-order valence-corrected chi connectivity index (χ0v) is 8.37. The van der Waals surface area contributed by atoms with Gasteiger partial charge in [-0.25, -0.2) is 4.98 Å². The fraction of sp³-hybridized carbons (Fsp3) is 0.545. The number of piperidine rings is 1. The molecule has 0 aliphatic carbocycles. The van der Waals surface area contributed by atoms with Gasteiger partial charge in [-0.3, -0.25) is 0 Å². The molecule has 2 rings (SSSR count). The summed E-state index contributed by atoms with van der Waals surface area (Å²) in [5.74, 6) is 0.972. The lowest BCUT2D eigenvalue weighted by Crippen LogP contribution is -2.39. The van der Waals surface area contributed by atoms with Crippen LogP contribution in [0, 0.1) is 0 Å². The molecule has 0 saturated carbocycles. The molecular formula is C11H17N3. The zero-order valence-electron chi connectivity index (χ0n) is 8.37. The van der Waals surface area contributed by atoms with Gasteiger partial charge in [0.05, 0.1) is 0 Å². The highest BCUT2D eigenvalue weighted by atomic mass is 15.0. The Kier molecular flexibility index (Phi) is 3.35. The molecule has 2 N–H and O–H groups in total. The maximum atomic E-state index is 4.22. The van der Waals surface area contributed by atoms with Gasteiger partial charge in [-0.1, -0.05) is 12.5 Å². The van der Waals surface area contributed by atoms with E-state index >= 15 is 0 Å². The minimum atomic E-state index is 0.616. The Bertz CT molecular complexity index is 254. The highest BCUT2D eigenvalue weighted by Gasteiger charge is 2.11. The topological polar surface area (TPSA) is 37.0 Å². The molecule has 0 spiro atoms. The van der Waals surface area contributed by atoms with Crippen molar-refractivity contribution in [2.75, 3.05) is 18.4 Å². The fourth-order valence-electron chi connectivity index (χ4n) is 1.79. The quantitative estimate of drug-likeness (QED) is 0.762. The Hall–Kier alpha value is -1.09. The van der Waals surface area contributed by atoms with Gasteiger partial charge in [0.15, 0.2) is 0 Å². The molecule has 0 radical (unpaired) electrons. The van der Waals surface area contributed by atoms with E-state index in [4.69, 9.17) is 0 Å². The minimum absolute atomic E-state index is 0.616. The number of rotatable bonds is 3. The first-order chi connectivity index (χ1) is 6.95. The van der Waals surface area contributed by atoms with Crippen molar-refractivity contribution in [3.05, 3.63) is 24.4 Å². The van der Waals surface area contributed by atoms with Gasteiger partial charge >= 0.3 is 0 Å². The maximum absolute atomic E-state index is 4.22. The van der Waals surface area contributed by atoms with Gasteiger partial charge in [0.25, 0.3) is 0 Å². The number of nitrogens with one attached hydrogen (secondary N) is 2. The molecular weight excluding hydrogens is 174 g/mol. The Morgan fingerprint density at radius 3 is 3.14 bits per heavy atom. The van der Waals surface area contributed by atoms with Crippen LogP contribution in [0.25, 0.3) is 0 Å². The van der Waals surface area contributed by atoms with Crippen LogP contribution in [-0.2, 0) is 0 Å². The van der Waals surface area contributed by atoms with Gasteiger partial charge in [-0.2, -0.15) is 0 Å². The van der Waals surface area contributed by atoms with E-state index in [1.165, 1.54) is 19.3 Å². The van der Waals surface area contributed by atoms with Crippen LogP contribution in [0.3, 0.4) is 0 Å². The number of anilines is 1. The Morgan fingerprint density at radius 1 is 1.43 bits per heavy atom. The number of hydrogen-bond donors (Lipinski definition) is 2. The van der Waals surface area contributed by atoms with Crippen molar-refractivity contribution in [2.24, 2.45) is 0 Å². The monoisotopic (exact) mass is 191 g/mol. The van der Waals surface area contributed by atoms with Crippen LogP contribution >= 0.6 is 0 Å². The van der Waals surface area contributed by atoms with Gasteiger partial charge in [-0.05, 0) is 31.5 Å². The van der Waals surface area contributed by atoms with E-state index in [9.17, 15) is 0 Å². The van der Waals surface area contributed by atoms with Crippen LogP contribution in [-0.4, -0.2) is 24.1 Å². The second-order valence-electron chi connectivity index (χ2n) is 3.74. The molecule has 3 nitrogen and oxygen atoms in total. The fourth-order valence-corrected chi connectivity index (χ4v) is 1.79. The van der Waals surface area contributed by atoms with Crippen molar-refractivity contribution in [1.29, 1.82) is 0 Å². The molecule has 1 aliphatic rings. The summed E-state index contributed by atoms with van der Waals surface area (Å²) in [4.78, 5) is 4.22. The van der Waals surface area contributed by atoms with Crippen LogP contribution < -0.4 is 10.6 Å². The average Bonchev–Trinajstić information content (AvgIpc) is 2.29. The van der Waals surface area contributed by atoms with Crippen LogP contribution in [0.2, 0.25) is 0 Å². The van der Waals surface area contributed by atoms with Crippen molar-refractivity contribution < 1.29 is 0 Å². The van der Waals surface area contributed by atoms with E-state index in [0.717, 1.165) is 18.9 Å². The summed E-state index contributed by atoms with van der Waals surface area (Å²) in [7, 11) is 0. The average molecular weight is 191 g/mol. The molecule has 0 bridgehead atoms. The van der Waals surface area contributed by atoms with Gasteiger partial charge in [0, 0.05) is 18.8 Å². The van der Waals surface area contributed by atoms with Crippen molar-refractivity contribution in [3.63, 3.8) is 0 Å². The van der Waals surface area contributed by atoms with Crippen LogP contribution in [0.4, 0.5) is 5.82 Å². The van der Waals surface area contributed by atoms with Crippen LogP contribution in [0.15, 0.2) is 24.4 Å². The van der Waals surface area contributed by atoms with Crippen molar-refractivity contribution in [3.8, 4) is 0 Å². The summed E-state index contributed by atoms with van der Waals surface area (Å²) in [6.45, 7) is 2.14. The minimum Gasteiger partial charge on any atom is -0.369 e. The van der Waals surface area contributed by atoms with Crippen molar-refractivity contribution in [2.45, 2.75) is 25.3 Å². The first-order valence-electron chi connectivity index (χ1n) is 5.33. The highest BCUT2D eigenvalue weighted by molar-refractivity contribution is 5.33. The smallest absolute Gasteiger partial charge is 0.125 e. The van der Waals surface area contributed by atoms with Gasteiger partial charge in [0.2, 0.25) is 0 Å². The van der Waals surface area contributed by atoms with E-state index in [-0.39, 0.29) is 0 Å². The van der Waals surface area contributed by atoms with E-state index < -0.39 is 0 Å². The summed E-state index contributed by atoms with van der Waals surface area (Å²) in [5, 5.41) is 6.84. The first-order valence-corrected chi connectivity index (χ1v) is 5.33. The summed E-state index contributed by atoms with van der Waals surface area (Å²) < 4.78 is 0. The molecule has 2 heterocycles.